The first kappa shape index (κ1) is 14.6. The molecule has 0 saturated carbocycles. The van der Waals surface area contributed by atoms with Gasteiger partial charge in [-0.25, -0.2) is 0 Å². The number of unbranched alkanes of at least 4 members (excludes halogenated alkanes) is 1. The van der Waals surface area contributed by atoms with Crippen molar-refractivity contribution in [1.82, 2.24) is 5.32 Å². The van der Waals surface area contributed by atoms with E-state index in [0.29, 0.717) is 6.61 Å². The van der Waals surface area contributed by atoms with Crippen LogP contribution in [0.4, 0.5) is 0 Å². The molecule has 0 aromatic heterocycles. The summed E-state index contributed by atoms with van der Waals surface area (Å²) in [5, 5.41) is 3.48. The molecule has 0 aliphatic heterocycles. The molecule has 1 aromatic carbocycles. The van der Waals surface area contributed by atoms with Gasteiger partial charge in [-0.1, -0.05) is 24.3 Å². The molecule has 96 valence electrons. The molecule has 3 heteroatoms. The Morgan fingerprint density at radius 2 is 2.06 bits per heavy atom. The number of rotatable bonds is 9. The molecule has 1 rings (SSSR count). The highest BCUT2D eigenvalue weighted by Crippen LogP contribution is 2.06. The summed E-state index contributed by atoms with van der Waals surface area (Å²) in [4.78, 5) is 0. The maximum absolute atomic E-state index is 5.13. The molecule has 0 heterocycles. The van der Waals surface area contributed by atoms with Gasteiger partial charge in [-0.15, -0.1) is 0 Å². The third-order valence-electron chi connectivity index (χ3n) is 2.58. The molecule has 0 amide bonds. The molecule has 0 bridgehead atoms. The lowest BCUT2D eigenvalue weighted by atomic mass is 10.1. The highest BCUT2D eigenvalue weighted by atomic mass is 32.2. The van der Waals surface area contributed by atoms with Crippen molar-refractivity contribution in [3.05, 3.63) is 35.4 Å². The second kappa shape index (κ2) is 9.51. The minimum atomic E-state index is 0.696. The number of nitrogens with one attached hydrogen (secondary N) is 1. The predicted molar refractivity (Wildman–Crippen MR) is 76.5 cm³/mol. The van der Waals surface area contributed by atoms with Gasteiger partial charge in [0.15, 0.2) is 0 Å². The van der Waals surface area contributed by atoms with Gasteiger partial charge in [-0.3, -0.25) is 0 Å². The summed E-state index contributed by atoms with van der Waals surface area (Å²) in [7, 11) is 1.73. The van der Waals surface area contributed by atoms with Crippen LogP contribution in [0.5, 0.6) is 0 Å². The molecular weight excluding hydrogens is 230 g/mol. The zero-order chi connectivity index (χ0) is 12.3. The molecule has 17 heavy (non-hydrogen) atoms. The Hall–Kier alpha value is -0.510. The standard InChI is InChI=1S/C14H23NOS/c1-16-12-14-7-5-6-13(10-14)11-15-8-3-4-9-17-2/h5-7,10,15H,3-4,8-9,11-12H2,1-2H3. The first-order chi connectivity index (χ1) is 8.36. The molecule has 0 aliphatic carbocycles. The van der Waals surface area contributed by atoms with Gasteiger partial charge < -0.3 is 10.1 Å². The van der Waals surface area contributed by atoms with Crippen LogP contribution in [0.2, 0.25) is 0 Å². The minimum absolute atomic E-state index is 0.696. The minimum Gasteiger partial charge on any atom is -0.380 e. The van der Waals surface area contributed by atoms with Crippen molar-refractivity contribution >= 4 is 11.8 Å². The number of methoxy groups -OCH3 is 1. The first-order valence-electron chi connectivity index (χ1n) is 6.13. The molecule has 1 aromatic rings. The summed E-state index contributed by atoms with van der Waals surface area (Å²) in [6, 6.07) is 8.57. The molecule has 0 saturated heterocycles. The fraction of sp³-hybridized carbons (Fsp3) is 0.571. The van der Waals surface area contributed by atoms with Crippen LogP contribution in [0.25, 0.3) is 0 Å². The monoisotopic (exact) mass is 253 g/mol. The summed E-state index contributed by atoms with van der Waals surface area (Å²) in [6.07, 6.45) is 4.73. The van der Waals surface area contributed by atoms with Crippen LogP contribution in [-0.2, 0) is 17.9 Å². The van der Waals surface area contributed by atoms with E-state index in [1.54, 1.807) is 7.11 Å². The van der Waals surface area contributed by atoms with Crippen LogP contribution in [-0.4, -0.2) is 25.7 Å². The van der Waals surface area contributed by atoms with E-state index >= 15 is 0 Å². The Labute approximate surface area is 109 Å². The highest BCUT2D eigenvalue weighted by Gasteiger charge is 1.95. The van der Waals surface area contributed by atoms with Gasteiger partial charge in [0, 0.05) is 13.7 Å². The van der Waals surface area contributed by atoms with Crippen molar-refractivity contribution in [2.24, 2.45) is 0 Å². The van der Waals surface area contributed by atoms with Crippen LogP contribution < -0.4 is 5.32 Å². The second-order valence-corrected chi connectivity index (χ2v) is 5.12. The average molecular weight is 253 g/mol. The van der Waals surface area contributed by atoms with E-state index in [-0.39, 0.29) is 0 Å². The third-order valence-corrected chi connectivity index (χ3v) is 3.28. The van der Waals surface area contributed by atoms with Gasteiger partial charge in [0.05, 0.1) is 6.61 Å². The SMILES string of the molecule is COCc1cccc(CNCCCCSC)c1. The average Bonchev–Trinajstić information content (AvgIpc) is 2.35. The fourth-order valence-corrected chi connectivity index (χ4v) is 2.22. The first-order valence-corrected chi connectivity index (χ1v) is 7.52. The van der Waals surface area contributed by atoms with E-state index < -0.39 is 0 Å². The maximum atomic E-state index is 5.13. The fourth-order valence-electron chi connectivity index (χ4n) is 1.73. The molecule has 1 N–H and O–H groups in total. The molecule has 0 unspecified atom stereocenters. The van der Waals surface area contributed by atoms with Crippen LogP contribution in [0.1, 0.15) is 24.0 Å². The molecular formula is C14H23NOS. The molecule has 0 spiro atoms. The van der Waals surface area contributed by atoms with Gasteiger partial charge in [0.2, 0.25) is 0 Å². The Morgan fingerprint density at radius 3 is 2.82 bits per heavy atom. The van der Waals surface area contributed by atoms with E-state index in [2.05, 4.69) is 35.8 Å². The number of ether oxygens (including phenoxy) is 1. The number of thioether (sulfide) groups is 1. The van der Waals surface area contributed by atoms with Crippen LogP contribution >= 0.6 is 11.8 Å². The summed E-state index contributed by atoms with van der Waals surface area (Å²) in [5.74, 6) is 1.27. The van der Waals surface area contributed by atoms with Gasteiger partial charge in [-0.05, 0) is 42.5 Å². The number of hydrogen-bond donors (Lipinski definition) is 1. The predicted octanol–water partition coefficient (Wildman–Crippen LogP) is 3.07. The Morgan fingerprint density at radius 1 is 1.24 bits per heavy atom. The van der Waals surface area contributed by atoms with E-state index in [0.717, 1.165) is 13.1 Å². The van der Waals surface area contributed by atoms with E-state index in [9.17, 15) is 0 Å². The Bertz CT molecular complexity index is 304. The van der Waals surface area contributed by atoms with Gasteiger partial charge in [0.1, 0.15) is 0 Å². The highest BCUT2D eigenvalue weighted by molar-refractivity contribution is 7.98. The molecule has 0 radical (unpaired) electrons. The Balaban J connectivity index is 2.19. The number of benzene rings is 1. The summed E-state index contributed by atoms with van der Waals surface area (Å²) in [5.41, 5.74) is 2.58. The number of hydrogen-bond acceptors (Lipinski definition) is 3. The van der Waals surface area contributed by atoms with Gasteiger partial charge in [0.25, 0.3) is 0 Å². The zero-order valence-electron chi connectivity index (χ0n) is 10.9. The lowest BCUT2D eigenvalue weighted by Crippen LogP contribution is -2.14. The van der Waals surface area contributed by atoms with Crippen LogP contribution in [0.3, 0.4) is 0 Å². The van der Waals surface area contributed by atoms with E-state index in [4.69, 9.17) is 4.74 Å². The lowest BCUT2D eigenvalue weighted by Gasteiger charge is -2.06. The smallest absolute Gasteiger partial charge is 0.0713 e. The van der Waals surface area contributed by atoms with Crippen molar-refractivity contribution in [2.45, 2.75) is 26.0 Å². The van der Waals surface area contributed by atoms with E-state index in [1.165, 1.54) is 29.7 Å². The van der Waals surface area contributed by atoms with Crippen molar-refractivity contribution < 1.29 is 4.74 Å². The zero-order valence-corrected chi connectivity index (χ0v) is 11.7. The van der Waals surface area contributed by atoms with Gasteiger partial charge >= 0.3 is 0 Å². The van der Waals surface area contributed by atoms with Crippen molar-refractivity contribution in [1.29, 1.82) is 0 Å². The summed E-state index contributed by atoms with van der Waals surface area (Å²) < 4.78 is 5.13. The van der Waals surface area contributed by atoms with Crippen LogP contribution in [0, 0.1) is 0 Å². The van der Waals surface area contributed by atoms with Crippen molar-refractivity contribution in [3.63, 3.8) is 0 Å². The third kappa shape index (κ3) is 6.71. The molecule has 0 atom stereocenters. The largest absolute Gasteiger partial charge is 0.380 e. The molecule has 0 aliphatic rings. The maximum Gasteiger partial charge on any atom is 0.0713 e. The summed E-state index contributed by atoms with van der Waals surface area (Å²) >= 11 is 1.92. The molecule has 0 fully saturated rings. The van der Waals surface area contributed by atoms with Crippen molar-refractivity contribution in [3.8, 4) is 0 Å². The van der Waals surface area contributed by atoms with Crippen molar-refractivity contribution in [2.75, 3.05) is 25.7 Å². The second-order valence-electron chi connectivity index (χ2n) is 4.13. The lowest BCUT2D eigenvalue weighted by molar-refractivity contribution is 0.185. The topological polar surface area (TPSA) is 21.3 Å². The van der Waals surface area contributed by atoms with Gasteiger partial charge in [-0.2, -0.15) is 11.8 Å². The summed E-state index contributed by atoms with van der Waals surface area (Å²) in [6.45, 7) is 2.76. The van der Waals surface area contributed by atoms with E-state index in [1.807, 2.05) is 11.8 Å². The van der Waals surface area contributed by atoms with Crippen LogP contribution in [0.15, 0.2) is 24.3 Å². The normalized spacial score (nSPS) is 10.7. The molecule has 2 nitrogen and oxygen atoms in total. The quantitative estimate of drug-likeness (QED) is 0.683. The Kier molecular flexibility index (Phi) is 8.14.